The van der Waals surface area contributed by atoms with Crippen LogP contribution >= 0.6 is 0 Å². The fourth-order valence-corrected chi connectivity index (χ4v) is 1.56. The molecule has 0 saturated heterocycles. The first-order valence-electron chi connectivity index (χ1n) is 5.68. The summed E-state index contributed by atoms with van der Waals surface area (Å²) in [4.78, 5) is 24.4. The number of hydrogen-bond acceptors (Lipinski definition) is 4. The maximum absolute atomic E-state index is 11.8. The van der Waals surface area contributed by atoms with Gasteiger partial charge in [0.05, 0.1) is 12.1 Å². The largest absolute Gasteiger partial charge is 0.443 e. The Labute approximate surface area is 101 Å². The standard InChI is InChI=1S/C12H19NO4/c1-5-9(14)8-6-7-10(15)13(8)11(16)17-12(2,3)4/h6-9,14H,5H2,1-4H3/t8-,9-/m1/s1. The Morgan fingerprint density at radius 2 is 2.18 bits per heavy atom. The van der Waals surface area contributed by atoms with Crippen LogP contribution in [0.4, 0.5) is 4.79 Å². The molecule has 1 heterocycles. The van der Waals surface area contributed by atoms with Crippen LogP contribution in [0, 0.1) is 0 Å². The van der Waals surface area contributed by atoms with Crippen LogP contribution < -0.4 is 0 Å². The fraction of sp³-hybridized carbons (Fsp3) is 0.667. The molecule has 5 nitrogen and oxygen atoms in total. The fourth-order valence-electron chi connectivity index (χ4n) is 1.56. The van der Waals surface area contributed by atoms with E-state index in [1.54, 1.807) is 27.7 Å². The van der Waals surface area contributed by atoms with Crippen LogP contribution in [0.2, 0.25) is 0 Å². The molecule has 1 rings (SSSR count). The Morgan fingerprint density at radius 1 is 1.59 bits per heavy atom. The zero-order valence-electron chi connectivity index (χ0n) is 10.6. The van der Waals surface area contributed by atoms with Gasteiger partial charge < -0.3 is 9.84 Å². The van der Waals surface area contributed by atoms with Crippen LogP contribution in [0.1, 0.15) is 34.1 Å². The van der Waals surface area contributed by atoms with E-state index in [1.807, 2.05) is 0 Å². The maximum Gasteiger partial charge on any atom is 0.417 e. The predicted octanol–water partition coefficient (Wildman–Crippen LogP) is 1.46. The maximum atomic E-state index is 11.8. The summed E-state index contributed by atoms with van der Waals surface area (Å²) >= 11 is 0. The Kier molecular flexibility index (Phi) is 3.93. The van der Waals surface area contributed by atoms with Gasteiger partial charge >= 0.3 is 6.09 Å². The van der Waals surface area contributed by atoms with Crippen molar-refractivity contribution in [3.63, 3.8) is 0 Å². The first-order chi connectivity index (χ1) is 7.76. The second-order valence-corrected chi connectivity index (χ2v) is 5.01. The van der Waals surface area contributed by atoms with Crippen LogP contribution in [-0.4, -0.2) is 39.8 Å². The monoisotopic (exact) mass is 241 g/mol. The lowest BCUT2D eigenvalue weighted by molar-refractivity contribution is -0.126. The van der Waals surface area contributed by atoms with Crippen molar-refractivity contribution in [1.82, 2.24) is 4.90 Å². The van der Waals surface area contributed by atoms with E-state index < -0.39 is 29.7 Å². The highest BCUT2D eigenvalue weighted by Crippen LogP contribution is 2.20. The van der Waals surface area contributed by atoms with Gasteiger partial charge in [-0.1, -0.05) is 13.0 Å². The molecule has 0 radical (unpaired) electrons. The van der Waals surface area contributed by atoms with E-state index in [1.165, 1.54) is 12.2 Å². The molecule has 0 aliphatic carbocycles. The number of rotatable bonds is 2. The molecular weight excluding hydrogens is 222 g/mol. The smallest absolute Gasteiger partial charge is 0.417 e. The number of aliphatic hydroxyl groups is 1. The molecule has 96 valence electrons. The molecule has 2 amide bonds. The van der Waals surface area contributed by atoms with Crippen molar-refractivity contribution in [3.05, 3.63) is 12.2 Å². The second kappa shape index (κ2) is 4.87. The first kappa shape index (κ1) is 13.7. The van der Waals surface area contributed by atoms with Gasteiger partial charge in [-0.25, -0.2) is 9.69 Å². The minimum absolute atomic E-state index is 0.447. The summed E-state index contributed by atoms with van der Waals surface area (Å²) in [6, 6.07) is -0.623. The van der Waals surface area contributed by atoms with Crippen molar-refractivity contribution in [2.75, 3.05) is 0 Å². The van der Waals surface area contributed by atoms with Gasteiger partial charge in [-0.2, -0.15) is 0 Å². The van der Waals surface area contributed by atoms with E-state index in [4.69, 9.17) is 4.74 Å². The number of nitrogens with zero attached hydrogens (tertiary/aromatic N) is 1. The molecule has 2 atom stereocenters. The van der Waals surface area contributed by atoms with E-state index >= 15 is 0 Å². The molecule has 0 saturated carbocycles. The summed E-state index contributed by atoms with van der Waals surface area (Å²) in [6.45, 7) is 6.97. The van der Waals surface area contributed by atoms with Gasteiger partial charge in [0.2, 0.25) is 0 Å². The molecular formula is C12H19NO4. The number of hydrogen-bond donors (Lipinski definition) is 1. The molecule has 0 aromatic heterocycles. The number of aliphatic hydroxyl groups excluding tert-OH is 1. The summed E-state index contributed by atoms with van der Waals surface area (Å²) in [6.07, 6.45) is 1.80. The number of amides is 2. The normalized spacial score (nSPS) is 21.8. The number of carbonyl (C=O) groups is 2. The highest BCUT2D eigenvalue weighted by Gasteiger charge is 2.37. The van der Waals surface area contributed by atoms with Gasteiger partial charge in [0.1, 0.15) is 5.60 Å². The van der Waals surface area contributed by atoms with Gasteiger partial charge in [-0.15, -0.1) is 0 Å². The third kappa shape index (κ3) is 3.30. The zero-order chi connectivity index (χ0) is 13.2. The summed E-state index contributed by atoms with van der Waals surface area (Å²) in [5.74, 6) is -0.447. The summed E-state index contributed by atoms with van der Waals surface area (Å²) in [5, 5.41) is 9.74. The molecule has 0 aromatic rings. The van der Waals surface area contributed by atoms with Crippen molar-refractivity contribution >= 4 is 12.0 Å². The highest BCUT2D eigenvalue weighted by molar-refractivity contribution is 6.01. The van der Waals surface area contributed by atoms with Gasteiger partial charge in [0, 0.05) is 6.08 Å². The molecule has 5 heteroatoms. The third-order valence-corrected chi connectivity index (χ3v) is 2.37. The lowest BCUT2D eigenvalue weighted by atomic mass is 10.1. The molecule has 0 fully saturated rings. The minimum atomic E-state index is -0.759. The quantitative estimate of drug-likeness (QED) is 0.794. The zero-order valence-corrected chi connectivity index (χ0v) is 10.6. The number of imide groups is 1. The molecule has 0 spiro atoms. The lowest BCUT2D eigenvalue weighted by Gasteiger charge is -2.29. The lowest BCUT2D eigenvalue weighted by Crippen LogP contribution is -2.47. The molecule has 0 aromatic carbocycles. The topological polar surface area (TPSA) is 66.8 Å². The van der Waals surface area contributed by atoms with Crippen molar-refractivity contribution in [1.29, 1.82) is 0 Å². The highest BCUT2D eigenvalue weighted by atomic mass is 16.6. The minimum Gasteiger partial charge on any atom is -0.443 e. The van der Waals surface area contributed by atoms with E-state index in [9.17, 15) is 14.7 Å². The number of carbonyl (C=O) groups excluding carboxylic acids is 2. The van der Waals surface area contributed by atoms with Crippen LogP contribution in [0.15, 0.2) is 12.2 Å². The Hall–Kier alpha value is -1.36. The molecule has 1 aliphatic rings. The van der Waals surface area contributed by atoms with Crippen LogP contribution in [0.25, 0.3) is 0 Å². The van der Waals surface area contributed by atoms with Crippen LogP contribution in [-0.2, 0) is 9.53 Å². The third-order valence-electron chi connectivity index (χ3n) is 2.37. The van der Waals surface area contributed by atoms with Gasteiger partial charge in [-0.3, -0.25) is 4.79 Å². The van der Waals surface area contributed by atoms with E-state index in [2.05, 4.69) is 0 Å². The molecule has 0 bridgehead atoms. The molecule has 1 N–H and O–H groups in total. The number of ether oxygens (including phenoxy) is 1. The molecule has 0 unspecified atom stereocenters. The van der Waals surface area contributed by atoms with Crippen LogP contribution in [0.3, 0.4) is 0 Å². The predicted molar refractivity (Wildman–Crippen MR) is 62.3 cm³/mol. The summed E-state index contributed by atoms with van der Waals surface area (Å²) in [7, 11) is 0. The Morgan fingerprint density at radius 3 is 2.65 bits per heavy atom. The van der Waals surface area contributed by atoms with Crippen molar-refractivity contribution in [2.24, 2.45) is 0 Å². The molecule has 1 aliphatic heterocycles. The first-order valence-corrected chi connectivity index (χ1v) is 5.68. The van der Waals surface area contributed by atoms with E-state index in [0.29, 0.717) is 6.42 Å². The van der Waals surface area contributed by atoms with Gasteiger partial charge in [0.25, 0.3) is 5.91 Å². The van der Waals surface area contributed by atoms with Crippen LogP contribution in [0.5, 0.6) is 0 Å². The Bertz CT molecular complexity index is 343. The average molecular weight is 241 g/mol. The van der Waals surface area contributed by atoms with E-state index in [-0.39, 0.29) is 0 Å². The Balaban J connectivity index is 2.80. The van der Waals surface area contributed by atoms with Gasteiger partial charge in [0.15, 0.2) is 0 Å². The van der Waals surface area contributed by atoms with Crippen molar-refractivity contribution < 1.29 is 19.4 Å². The average Bonchev–Trinajstić information content (AvgIpc) is 2.56. The van der Waals surface area contributed by atoms with Crippen molar-refractivity contribution in [3.8, 4) is 0 Å². The van der Waals surface area contributed by atoms with E-state index in [0.717, 1.165) is 4.90 Å². The second-order valence-electron chi connectivity index (χ2n) is 5.01. The summed E-state index contributed by atoms with van der Waals surface area (Å²) < 4.78 is 5.13. The van der Waals surface area contributed by atoms with Crippen molar-refractivity contribution in [2.45, 2.75) is 51.9 Å². The SMILES string of the molecule is CC[C@@H](O)[C@H]1C=CC(=O)N1C(=O)OC(C)(C)C. The summed E-state index contributed by atoms with van der Waals surface area (Å²) in [5.41, 5.74) is -0.665. The van der Waals surface area contributed by atoms with Gasteiger partial charge in [-0.05, 0) is 27.2 Å². The molecule has 17 heavy (non-hydrogen) atoms.